The van der Waals surface area contributed by atoms with Crippen LogP contribution in [-0.4, -0.2) is 19.7 Å². The van der Waals surface area contributed by atoms with Crippen molar-refractivity contribution in [2.75, 3.05) is 13.6 Å². The van der Waals surface area contributed by atoms with Crippen LogP contribution in [0.2, 0.25) is 5.02 Å². The molecule has 1 atom stereocenters. The molecule has 1 aromatic rings. The molecule has 0 aliphatic carbocycles. The van der Waals surface area contributed by atoms with Gasteiger partial charge in [-0.3, -0.25) is 0 Å². The standard InChI is InChI=1S/C13H20ClNO/c1-3-5-12(8-9-15-2)16-13-7-4-6-11(14)10-13/h4,6-7,10,12,15H,3,5,8-9H2,1-2H3. The molecular formula is C13H20ClNO. The highest BCUT2D eigenvalue weighted by Gasteiger charge is 2.08. The molecule has 0 aromatic heterocycles. The maximum Gasteiger partial charge on any atom is 0.121 e. The fourth-order valence-electron chi connectivity index (χ4n) is 1.62. The molecule has 0 bridgehead atoms. The van der Waals surface area contributed by atoms with Crippen molar-refractivity contribution in [1.29, 1.82) is 0 Å². The van der Waals surface area contributed by atoms with E-state index in [9.17, 15) is 0 Å². The minimum absolute atomic E-state index is 0.274. The van der Waals surface area contributed by atoms with Gasteiger partial charge in [-0.1, -0.05) is 31.0 Å². The fraction of sp³-hybridized carbons (Fsp3) is 0.538. The summed E-state index contributed by atoms with van der Waals surface area (Å²) in [5, 5.41) is 3.87. The zero-order chi connectivity index (χ0) is 11.8. The van der Waals surface area contributed by atoms with Gasteiger partial charge in [0.05, 0.1) is 6.10 Å². The van der Waals surface area contributed by atoms with Crippen LogP contribution in [0.25, 0.3) is 0 Å². The van der Waals surface area contributed by atoms with Gasteiger partial charge < -0.3 is 10.1 Å². The van der Waals surface area contributed by atoms with Crippen molar-refractivity contribution in [2.24, 2.45) is 0 Å². The highest BCUT2D eigenvalue weighted by Crippen LogP contribution is 2.20. The van der Waals surface area contributed by atoms with Gasteiger partial charge >= 0.3 is 0 Å². The third kappa shape index (κ3) is 4.86. The van der Waals surface area contributed by atoms with Crippen LogP contribution in [0.5, 0.6) is 5.75 Å². The Morgan fingerprint density at radius 3 is 2.81 bits per heavy atom. The third-order valence-electron chi connectivity index (χ3n) is 2.43. The van der Waals surface area contributed by atoms with Crippen molar-refractivity contribution < 1.29 is 4.74 Å². The number of rotatable bonds is 7. The summed E-state index contributed by atoms with van der Waals surface area (Å²) < 4.78 is 5.91. The zero-order valence-corrected chi connectivity index (χ0v) is 10.8. The molecule has 2 nitrogen and oxygen atoms in total. The molecule has 0 aliphatic rings. The van der Waals surface area contributed by atoms with Gasteiger partial charge in [0, 0.05) is 5.02 Å². The quantitative estimate of drug-likeness (QED) is 0.789. The second-order valence-electron chi connectivity index (χ2n) is 3.88. The second-order valence-corrected chi connectivity index (χ2v) is 4.31. The molecule has 0 heterocycles. The van der Waals surface area contributed by atoms with Gasteiger partial charge in [-0.15, -0.1) is 0 Å². The number of ether oxygens (including phenoxy) is 1. The van der Waals surface area contributed by atoms with E-state index in [1.807, 2.05) is 31.3 Å². The van der Waals surface area contributed by atoms with Gasteiger partial charge in [-0.25, -0.2) is 0 Å². The highest BCUT2D eigenvalue weighted by atomic mass is 35.5. The number of hydrogen-bond acceptors (Lipinski definition) is 2. The molecule has 90 valence electrons. The third-order valence-corrected chi connectivity index (χ3v) is 2.66. The lowest BCUT2D eigenvalue weighted by Crippen LogP contribution is -2.22. The first-order valence-electron chi connectivity index (χ1n) is 5.83. The van der Waals surface area contributed by atoms with Gasteiger partial charge in [-0.2, -0.15) is 0 Å². The first-order chi connectivity index (χ1) is 7.76. The number of nitrogens with one attached hydrogen (secondary N) is 1. The molecule has 0 radical (unpaired) electrons. The Bertz CT molecular complexity index is 304. The average molecular weight is 242 g/mol. The summed E-state index contributed by atoms with van der Waals surface area (Å²) in [5.41, 5.74) is 0. The van der Waals surface area contributed by atoms with E-state index in [1.54, 1.807) is 0 Å². The molecule has 16 heavy (non-hydrogen) atoms. The van der Waals surface area contributed by atoms with Crippen molar-refractivity contribution in [3.8, 4) is 5.75 Å². The zero-order valence-electron chi connectivity index (χ0n) is 10.0. The number of hydrogen-bond donors (Lipinski definition) is 1. The Labute approximate surface area is 103 Å². The molecule has 3 heteroatoms. The molecule has 0 amide bonds. The summed E-state index contributed by atoms with van der Waals surface area (Å²) in [7, 11) is 1.96. The Kier molecular flexibility index (Phi) is 6.27. The van der Waals surface area contributed by atoms with Gasteiger partial charge in [0.2, 0.25) is 0 Å². The molecular weight excluding hydrogens is 222 g/mol. The van der Waals surface area contributed by atoms with E-state index in [2.05, 4.69) is 12.2 Å². The van der Waals surface area contributed by atoms with Crippen LogP contribution >= 0.6 is 11.6 Å². The largest absolute Gasteiger partial charge is 0.490 e. The van der Waals surface area contributed by atoms with Crippen LogP contribution in [0.4, 0.5) is 0 Å². The maximum absolute atomic E-state index is 5.92. The van der Waals surface area contributed by atoms with Crippen LogP contribution < -0.4 is 10.1 Å². The molecule has 1 aromatic carbocycles. The predicted octanol–water partition coefficient (Wildman–Crippen LogP) is 3.50. The first kappa shape index (κ1) is 13.3. The molecule has 1 unspecified atom stereocenters. The van der Waals surface area contributed by atoms with E-state index >= 15 is 0 Å². The SMILES string of the molecule is CCCC(CCNC)Oc1cccc(Cl)c1. The lowest BCUT2D eigenvalue weighted by molar-refractivity contribution is 0.180. The van der Waals surface area contributed by atoms with Gasteiger partial charge in [0.15, 0.2) is 0 Å². The van der Waals surface area contributed by atoms with Crippen LogP contribution in [0.1, 0.15) is 26.2 Å². The summed E-state index contributed by atoms with van der Waals surface area (Å²) in [4.78, 5) is 0. The van der Waals surface area contributed by atoms with Crippen molar-refractivity contribution >= 4 is 11.6 Å². The molecule has 0 aliphatic heterocycles. The summed E-state index contributed by atoms with van der Waals surface area (Å²) in [6.07, 6.45) is 3.51. The lowest BCUT2D eigenvalue weighted by Gasteiger charge is -2.18. The smallest absolute Gasteiger partial charge is 0.121 e. The van der Waals surface area contributed by atoms with Crippen molar-refractivity contribution in [1.82, 2.24) is 5.32 Å². The summed E-state index contributed by atoms with van der Waals surface area (Å²) in [6.45, 7) is 3.15. The van der Waals surface area contributed by atoms with Gasteiger partial charge in [0.1, 0.15) is 5.75 Å². The monoisotopic (exact) mass is 241 g/mol. The number of halogens is 1. The molecule has 0 fully saturated rings. The van der Waals surface area contributed by atoms with Gasteiger partial charge in [0.25, 0.3) is 0 Å². The Morgan fingerprint density at radius 1 is 1.38 bits per heavy atom. The van der Waals surface area contributed by atoms with Crippen molar-refractivity contribution in [3.63, 3.8) is 0 Å². The predicted molar refractivity (Wildman–Crippen MR) is 69.3 cm³/mol. The topological polar surface area (TPSA) is 21.3 Å². The van der Waals surface area contributed by atoms with Crippen LogP contribution in [-0.2, 0) is 0 Å². The Hall–Kier alpha value is -0.730. The first-order valence-corrected chi connectivity index (χ1v) is 6.21. The molecule has 0 spiro atoms. The molecule has 0 saturated heterocycles. The minimum atomic E-state index is 0.274. The van der Waals surface area contributed by atoms with E-state index in [4.69, 9.17) is 16.3 Å². The Morgan fingerprint density at radius 2 is 2.19 bits per heavy atom. The van der Waals surface area contributed by atoms with E-state index in [-0.39, 0.29) is 6.10 Å². The number of benzene rings is 1. The maximum atomic E-state index is 5.92. The van der Waals surface area contributed by atoms with Crippen LogP contribution in [0.15, 0.2) is 24.3 Å². The molecule has 1 N–H and O–H groups in total. The second kappa shape index (κ2) is 7.53. The summed E-state index contributed by atoms with van der Waals surface area (Å²) in [5.74, 6) is 0.863. The summed E-state index contributed by atoms with van der Waals surface area (Å²) >= 11 is 5.92. The van der Waals surface area contributed by atoms with E-state index < -0.39 is 0 Å². The van der Waals surface area contributed by atoms with E-state index in [0.717, 1.165) is 36.6 Å². The van der Waals surface area contributed by atoms with Crippen molar-refractivity contribution in [2.45, 2.75) is 32.3 Å². The average Bonchev–Trinajstić information content (AvgIpc) is 2.26. The normalized spacial score (nSPS) is 12.4. The molecule has 1 rings (SSSR count). The van der Waals surface area contributed by atoms with Gasteiger partial charge in [-0.05, 0) is 44.6 Å². The molecule has 0 saturated carbocycles. The van der Waals surface area contributed by atoms with Crippen molar-refractivity contribution in [3.05, 3.63) is 29.3 Å². The van der Waals surface area contributed by atoms with Crippen LogP contribution in [0.3, 0.4) is 0 Å². The fourth-order valence-corrected chi connectivity index (χ4v) is 1.80. The lowest BCUT2D eigenvalue weighted by atomic mass is 10.1. The minimum Gasteiger partial charge on any atom is -0.490 e. The van der Waals surface area contributed by atoms with E-state index in [0.29, 0.717) is 0 Å². The summed E-state index contributed by atoms with van der Waals surface area (Å²) in [6, 6.07) is 7.59. The van der Waals surface area contributed by atoms with Crippen LogP contribution in [0, 0.1) is 0 Å². The van der Waals surface area contributed by atoms with E-state index in [1.165, 1.54) is 0 Å². The Balaban J connectivity index is 2.52. The highest BCUT2D eigenvalue weighted by molar-refractivity contribution is 6.30.